The summed E-state index contributed by atoms with van der Waals surface area (Å²) in [7, 11) is 1.27. The van der Waals surface area contributed by atoms with Crippen molar-refractivity contribution in [3.05, 3.63) is 108 Å². The molecule has 0 saturated heterocycles. The number of unbranched alkanes of at least 4 members (excludes halogenated alkanes) is 1. The van der Waals surface area contributed by atoms with Gasteiger partial charge in [-0.05, 0) is 54.5 Å². The van der Waals surface area contributed by atoms with Crippen LogP contribution in [0.15, 0.2) is 48.7 Å². The molecule has 2 heterocycles. The zero-order valence-electron chi connectivity index (χ0n) is 35.5. The molecule has 287 valence electrons. The average Bonchev–Trinajstić information content (AvgIpc) is 3.42. The molecule has 0 spiro atoms. The molecular weight excluding hydrogens is 1260 g/mol. The van der Waals surface area contributed by atoms with Gasteiger partial charge in [0.15, 0.2) is 0 Å². The third-order valence-corrected chi connectivity index (χ3v) is 9.93. The number of benzene rings is 2. The normalized spacial score (nSPS) is 12.0. The molecule has 4 aromatic rings. The van der Waals surface area contributed by atoms with Crippen LogP contribution in [0, 0.1) is 59.3 Å². The summed E-state index contributed by atoms with van der Waals surface area (Å²) in [4.78, 5) is 54.3. The van der Waals surface area contributed by atoms with Crippen LogP contribution in [0.2, 0.25) is 0 Å². The summed E-state index contributed by atoms with van der Waals surface area (Å²) in [5, 5.41) is 5.33. The van der Waals surface area contributed by atoms with Gasteiger partial charge in [0.2, 0.25) is 5.91 Å². The van der Waals surface area contributed by atoms with Crippen molar-refractivity contribution >= 4 is 54.7 Å². The number of aromatic nitrogens is 4. The number of imidazole rings is 2. The number of nitrogens with one attached hydrogen (secondary N) is 4. The summed E-state index contributed by atoms with van der Waals surface area (Å²) in [6.45, 7) is 8.17. The van der Waals surface area contributed by atoms with Crippen LogP contribution in [0.25, 0.3) is 22.3 Å². The van der Waals surface area contributed by atoms with E-state index in [4.69, 9.17) is 4.98 Å². The molecule has 1 unspecified atom stereocenters. The Morgan fingerprint density at radius 1 is 1.00 bits per heavy atom. The molecule has 4 N–H and O–H groups in total. The van der Waals surface area contributed by atoms with Crippen molar-refractivity contribution in [2.24, 2.45) is 11.3 Å². The molecule has 0 bridgehead atoms. The Labute approximate surface area is 528 Å². The Morgan fingerprint density at radius 2 is 1.64 bits per heavy atom. The van der Waals surface area contributed by atoms with Crippen molar-refractivity contribution in [2.45, 2.75) is 63.0 Å². The first-order valence-corrected chi connectivity index (χ1v) is 18.8. The van der Waals surface area contributed by atoms with E-state index in [1.54, 1.807) is 6.20 Å². The molecule has 3 amide bonds. The largest absolute Gasteiger partial charge is 1.00 e. The number of carbonyl (C=O) groups is 3. The Balaban J connectivity index is -0.00000401. The van der Waals surface area contributed by atoms with Gasteiger partial charge >= 0.3 is 351 Å². The van der Waals surface area contributed by atoms with Crippen LogP contribution in [-0.4, -0.2) is 92.3 Å². The van der Waals surface area contributed by atoms with E-state index in [0.29, 0.717) is 51.2 Å². The van der Waals surface area contributed by atoms with E-state index in [1.165, 1.54) is 20.0 Å². The predicted molar refractivity (Wildman–Crippen MR) is 215 cm³/mol. The summed E-state index contributed by atoms with van der Waals surface area (Å²) in [5.41, 5.74) is 5.69. The van der Waals surface area contributed by atoms with Gasteiger partial charge in [-0.1, -0.05) is 32.6 Å². The van der Waals surface area contributed by atoms with E-state index < -0.39 is 9.69 Å². The summed E-state index contributed by atoms with van der Waals surface area (Å²) < 4.78 is 4.00. The number of rotatable bonds is 14. The van der Waals surface area contributed by atoms with E-state index in [2.05, 4.69) is 62.9 Å². The van der Waals surface area contributed by atoms with E-state index in [1.807, 2.05) is 53.8 Å². The number of nitrogens with zero attached hydrogens (tertiary/aromatic N) is 3. The van der Waals surface area contributed by atoms with Gasteiger partial charge < -0.3 is 39.6 Å². The number of ether oxygens (including phenoxy) is 1. The third kappa shape index (κ3) is 20.3. The van der Waals surface area contributed by atoms with E-state index in [-0.39, 0.29) is 254 Å². The van der Waals surface area contributed by atoms with Gasteiger partial charge in [0.1, 0.15) is 5.82 Å². The zero-order valence-corrected chi connectivity index (χ0v) is 58.2. The Kier molecular flexibility index (Phi) is 34.2. The van der Waals surface area contributed by atoms with Gasteiger partial charge in [0, 0.05) is 24.1 Å². The first kappa shape index (κ1) is 62.1. The van der Waals surface area contributed by atoms with Gasteiger partial charge in [-0.15, -0.1) is 0 Å². The van der Waals surface area contributed by atoms with Crippen LogP contribution in [0.3, 0.4) is 0 Å². The van der Waals surface area contributed by atoms with Crippen LogP contribution in [0.5, 0.6) is 0 Å². The number of carbonyl (C=O) groups excluding carboxylic acids is 3. The SMILES string of the molecule is COC(=O)N[CH]([Pb])C(=O)NCCC[CH-]c1ncc(-c2ccc(C#Cc3ccc4nc(CN(CC5(C)CC5)C(=O)CC(C)C)[nH]c4c3)cc2)[nH]1.[CH3-].[CH3-].[CH3-].[CH3-].[Cs+].[Cs+].[Cs+]. The molecule has 1 atom stereocenters. The maximum Gasteiger partial charge on any atom is 1.00 e. The van der Waals surface area contributed by atoms with Gasteiger partial charge in [-0.3, -0.25) is 4.79 Å². The van der Waals surface area contributed by atoms with Crippen molar-refractivity contribution in [1.82, 2.24) is 35.5 Å². The number of H-pyrrole nitrogens is 2. The molecule has 2 aromatic carbocycles. The van der Waals surface area contributed by atoms with Gasteiger partial charge in [-0.2, -0.15) is 0 Å². The molecule has 1 aliphatic rings. The number of hydrogen-bond acceptors (Lipinski definition) is 6. The summed E-state index contributed by atoms with van der Waals surface area (Å²) in [6, 6.07) is 14.0. The minimum absolute atomic E-state index is 0. The van der Waals surface area contributed by atoms with E-state index >= 15 is 0 Å². The van der Waals surface area contributed by atoms with Crippen LogP contribution < -0.4 is 217 Å². The predicted octanol–water partition coefficient (Wildman–Crippen LogP) is -2.36. The molecule has 15 heteroatoms. The standard InChI is InChI=1S/C37H43N7O4.4CH3.3Cs.Pb/c1-25(2)19-35(46)44(24-37(3)16-17-37)23-33-41-29-15-12-27(20-30(29)42-33)9-8-26-10-13-28(14-11-26)31-21-39-32(43-31)7-5-6-18-38-34(45)22-40-36(47)48-4;;;;;;;;/h7,10-15,20-22,25H,5-6,16-19,23-24H2,1-4H3,(H,38,45)(H,39,43)(H,40,47)(H,41,42);4*1H3;;;;/q5*-1;3*+1;. The molecule has 1 saturated carbocycles. The van der Waals surface area contributed by atoms with Crippen molar-refractivity contribution in [3.8, 4) is 23.1 Å². The van der Waals surface area contributed by atoms with Crippen LogP contribution in [0.1, 0.15) is 75.7 Å². The summed E-state index contributed by atoms with van der Waals surface area (Å²) >= 11 is 0.488. The van der Waals surface area contributed by atoms with Crippen molar-refractivity contribution in [2.75, 3.05) is 20.2 Å². The quantitative estimate of drug-likeness (QED) is 0.0482. The van der Waals surface area contributed by atoms with Gasteiger partial charge in [-0.25, -0.2) is 4.98 Å². The van der Waals surface area contributed by atoms with Crippen molar-refractivity contribution < 1.29 is 226 Å². The molecule has 3 radical (unpaired) electrons. The molecule has 11 nitrogen and oxygen atoms in total. The first-order chi connectivity index (χ1) is 23.5. The summed E-state index contributed by atoms with van der Waals surface area (Å²) in [5.74, 6) is 8.39. The molecule has 5 rings (SSSR count). The topological polar surface area (TPSA) is 145 Å². The number of aromatic amines is 2. The second-order valence-corrected chi connectivity index (χ2v) is 15.5. The smallest absolute Gasteiger partial charge is 0.358 e. The third-order valence-electron chi connectivity index (χ3n) is 8.35. The fraction of sp³-hybridized carbons (Fsp3) is 0.366. The Bertz CT molecular complexity index is 1850. The number of hydrogen-bond donors (Lipinski definition) is 4. The maximum absolute atomic E-state index is 13.0. The molecule has 1 fully saturated rings. The minimum atomic E-state index is -0.605. The van der Waals surface area contributed by atoms with Crippen molar-refractivity contribution in [3.63, 3.8) is 0 Å². The second-order valence-electron chi connectivity index (χ2n) is 13.3. The molecule has 1 aliphatic carbocycles. The Morgan fingerprint density at radius 3 is 2.27 bits per heavy atom. The number of methoxy groups -OCH3 is 1. The van der Waals surface area contributed by atoms with Gasteiger partial charge in [0.25, 0.3) is 0 Å². The molecule has 56 heavy (non-hydrogen) atoms. The molecule has 0 aliphatic heterocycles. The monoisotopic (exact) mass is 1320 g/mol. The van der Waals surface area contributed by atoms with Crippen LogP contribution in [-0.2, 0) is 20.9 Å². The minimum Gasteiger partial charge on any atom is -0.358 e. The second kappa shape index (κ2) is 30.8. The average molecular weight is 1320 g/mol. The van der Waals surface area contributed by atoms with Crippen LogP contribution in [0.4, 0.5) is 4.79 Å². The number of amides is 3. The maximum atomic E-state index is 13.0. The first-order valence-electron chi connectivity index (χ1n) is 16.6. The fourth-order valence-electron chi connectivity index (χ4n) is 5.30. The number of alkyl carbamates (subject to hydrolysis) is 1. The molecular formula is C41H55Cs3N7O4Pb-2. The van der Waals surface area contributed by atoms with Crippen LogP contribution >= 0.6 is 0 Å². The fourth-order valence-corrected chi connectivity index (χ4v) is 6.15. The van der Waals surface area contributed by atoms with E-state index in [9.17, 15) is 14.4 Å². The summed E-state index contributed by atoms with van der Waals surface area (Å²) in [6.07, 6.45) is 7.55. The number of fused-ring (bicyclic) bond motifs is 1. The zero-order chi connectivity index (χ0) is 35.0. The Hall–Kier alpha value is 1.84. The van der Waals surface area contributed by atoms with Gasteiger partial charge in [0.05, 0.1) is 17.6 Å². The van der Waals surface area contributed by atoms with Crippen molar-refractivity contribution in [1.29, 1.82) is 0 Å². The van der Waals surface area contributed by atoms with E-state index in [0.717, 1.165) is 64.5 Å². The molecule has 2 aromatic heterocycles.